The van der Waals surface area contributed by atoms with Gasteiger partial charge in [-0.15, -0.1) is 0 Å². The Morgan fingerprint density at radius 1 is 0.900 bits per heavy atom. The second-order valence-corrected chi connectivity index (χ2v) is 8.72. The van der Waals surface area contributed by atoms with Gasteiger partial charge in [0, 0.05) is 26.2 Å². The Morgan fingerprint density at radius 3 is 1.93 bits per heavy atom. The van der Waals surface area contributed by atoms with Gasteiger partial charge in [-0.25, -0.2) is 13.6 Å². The smallest absolute Gasteiger partial charge is 0.238 e. The van der Waals surface area contributed by atoms with Crippen LogP contribution in [0.5, 0.6) is 5.75 Å². The molecule has 0 spiro atoms. The molecule has 160 valence electrons. The SMILES string of the molecule is COc1cccc(CC(=O)N2CCN(C(=O)Cc3ccc(S(N)(=O)=O)cc3)CC2)c1. The van der Waals surface area contributed by atoms with Gasteiger partial charge in [-0.1, -0.05) is 24.3 Å². The first kappa shape index (κ1) is 21.8. The van der Waals surface area contributed by atoms with E-state index in [1.807, 2.05) is 24.3 Å². The summed E-state index contributed by atoms with van der Waals surface area (Å²) in [5, 5.41) is 5.08. The second-order valence-electron chi connectivity index (χ2n) is 7.16. The van der Waals surface area contributed by atoms with Crippen molar-refractivity contribution in [3.63, 3.8) is 0 Å². The van der Waals surface area contributed by atoms with Gasteiger partial charge in [0.05, 0.1) is 24.8 Å². The minimum atomic E-state index is -3.75. The van der Waals surface area contributed by atoms with Crippen LogP contribution in [-0.4, -0.2) is 63.3 Å². The minimum Gasteiger partial charge on any atom is -0.497 e. The minimum absolute atomic E-state index is 0.0156. The number of ether oxygens (including phenoxy) is 1. The average molecular weight is 432 g/mol. The van der Waals surface area contributed by atoms with Crippen LogP contribution in [0.3, 0.4) is 0 Å². The maximum Gasteiger partial charge on any atom is 0.238 e. The van der Waals surface area contributed by atoms with Crippen molar-refractivity contribution in [3.05, 3.63) is 59.7 Å². The topological polar surface area (TPSA) is 110 Å². The van der Waals surface area contributed by atoms with E-state index in [0.717, 1.165) is 5.56 Å². The van der Waals surface area contributed by atoms with Gasteiger partial charge in [0.25, 0.3) is 0 Å². The molecule has 8 nitrogen and oxygen atoms in total. The summed E-state index contributed by atoms with van der Waals surface area (Å²) in [5.41, 5.74) is 1.60. The van der Waals surface area contributed by atoms with Gasteiger partial charge in [-0.05, 0) is 35.4 Å². The predicted octanol–water partition coefficient (Wildman–Crippen LogP) is 0.799. The average Bonchev–Trinajstić information content (AvgIpc) is 2.73. The van der Waals surface area contributed by atoms with Crippen molar-refractivity contribution >= 4 is 21.8 Å². The number of hydrogen-bond donors (Lipinski definition) is 1. The van der Waals surface area contributed by atoms with Crippen LogP contribution in [-0.2, 0) is 32.5 Å². The molecule has 2 aromatic rings. The Bertz CT molecular complexity index is 1010. The maximum atomic E-state index is 12.6. The molecule has 2 aromatic carbocycles. The number of piperazine rings is 1. The van der Waals surface area contributed by atoms with Crippen molar-refractivity contribution in [3.8, 4) is 5.75 Å². The van der Waals surface area contributed by atoms with Crippen LogP contribution < -0.4 is 9.88 Å². The molecule has 0 saturated carbocycles. The number of nitrogens with zero attached hydrogens (tertiary/aromatic N) is 2. The molecule has 0 atom stereocenters. The zero-order valence-corrected chi connectivity index (χ0v) is 17.6. The highest BCUT2D eigenvalue weighted by molar-refractivity contribution is 7.89. The van der Waals surface area contributed by atoms with Crippen molar-refractivity contribution in [1.29, 1.82) is 0 Å². The summed E-state index contributed by atoms with van der Waals surface area (Å²) in [6.07, 6.45) is 0.463. The zero-order chi connectivity index (χ0) is 21.7. The molecule has 1 heterocycles. The van der Waals surface area contributed by atoms with E-state index in [2.05, 4.69) is 0 Å². The molecule has 0 radical (unpaired) electrons. The second kappa shape index (κ2) is 9.27. The Kier molecular flexibility index (Phi) is 6.73. The highest BCUT2D eigenvalue weighted by Crippen LogP contribution is 2.15. The first-order valence-corrected chi connectivity index (χ1v) is 11.1. The van der Waals surface area contributed by atoms with Crippen LogP contribution in [0.1, 0.15) is 11.1 Å². The van der Waals surface area contributed by atoms with E-state index in [4.69, 9.17) is 9.88 Å². The lowest BCUT2D eigenvalue weighted by Gasteiger charge is -2.35. The third-order valence-corrected chi connectivity index (χ3v) is 6.01. The number of benzene rings is 2. The Morgan fingerprint density at radius 2 is 1.43 bits per heavy atom. The first-order valence-electron chi connectivity index (χ1n) is 9.56. The Balaban J connectivity index is 1.50. The normalized spacial score (nSPS) is 14.5. The Labute approximate surface area is 176 Å². The molecule has 1 saturated heterocycles. The van der Waals surface area contributed by atoms with E-state index in [1.54, 1.807) is 29.0 Å². The van der Waals surface area contributed by atoms with Gasteiger partial charge < -0.3 is 14.5 Å². The molecule has 0 aromatic heterocycles. The standard InChI is InChI=1S/C21H25N3O5S/c1-29-18-4-2-3-17(13-18)15-21(26)24-11-9-23(10-12-24)20(25)14-16-5-7-19(8-6-16)30(22,27)28/h2-8,13H,9-12,14-15H2,1H3,(H2,22,27,28). The van der Waals surface area contributed by atoms with Crippen LogP contribution in [0.4, 0.5) is 0 Å². The fraction of sp³-hybridized carbons (Fsp3) is 0.333. The molecular weight excluding hydrogens is 406 g/mol. The number of rotatable bonds is 6. The highest BCUT2D eigenvalue weighted by atomic mass is 32.2. The lowest BCUT2D eigenvalue weighted by atomic mass is 10.1. The highest BCUT2D eigenvalue weighted by Gasteiger charge is 2.24. The number of carbonyl (C=O) groups is 2. The van der Waals surface area contributed by atoms with E-state index >= 15 is 0 Å². The molecule has 2 amide bonds. The molecular formula is C21H25N3O5S. The maximum absolute atomic E-state index is 12.6. The lowest BCUT2D eigenvalue weighted by Crippen LogP contribution is -2.51. The van der Waals surface area contributed by atoms with Crippen LogP contribution in [0.2, 0.25) is 0 Å². The number of sulfonamides is 1. The van der Waals surface area contributed by atoms with Crippen molar-refractivity contribution in [2.75, 3.05) is 33.3 Å². The van der Waals surface area contributed by atoms with Gasteiger partial charge in [-0.3, -0.25) is 9.59 Å². The summed E-state index contributed by atoms with van der Waals surface area (Å²) < 4.78 is 27.8. The third kappa shape index (κ3) is 5.58. The molecule has 0 aliphatic carbocycles. The molecule has 30 heavy (non-hydrogen) atoms. The van der Waals surface area contributed by atoms with E-state index in [9.17, 15) is 18.0 Å². The lowest BCUT2D eigenvalue weighted by molar-refractivity contribution is -0.138. The van der Waals surface area contributed by atoms with E-state index in [1.165, 1.54) is 12.1 Å². The van der Waals surface area contributed by atoms with Crippen molar-refractivity contribution in [2.45, 2.75) is 17.7 Å². The number of primary sulfonamides is 1. The summed E-state index contributed by atoms with van der Waals surface area (Å²) in [5.74, 6) is 0.681. The van der Waals surface area contributed by atoms with Gasteiger partial charge in [0.2, 0.25) is 21.8 Å². The third-order valence-electron chi connectivity index (χ3n) is 5.08. The molecule has 9 heteroatoms. The molecule has 0 bridgehead atoms. The molecule has 1 fully saturated rings. The zero-order valence-electron chi connectivity index (χ0n) is 16.8. The van der Waals surface area contributed by atoms with Crippen LogP contribution in [0.25, 0.3) is 0 Å². The predicted molar refractivity (Wildman–Crippen MR) is 111 cm³/mol. The van der Waals surface area contributed by atoms with Crippen LogP contribution in [0.15, 0.2) is 53.4 Å². The van der Waals surface area contributed by atoms with E-state index in [0.29, 0.717) is 43.9 Å². The summed E-state index contributed by atoms with van der Waals surface area (Å²) in [6.45, 7) is 1.91. The number of methoxy groups -OCH3 is 1. The van der Waals surface area contributed by atoms with E-state index in [-0.39, 0.29) is 23.1 Å². The molecule has 0 unspecified atom stereocenters. The molecule has 2 N–H and O–H groups in total. The summed E-state index contributed by atoms with van der Waals surface area (Å²) >= 11 is 0. The van der Waals surface area contributed by atoms with Gasteiger partial charge in [-0.2, -0.15) is 0 Å². The fourth-order valence-corrected chi connectivity index (χ4v) is 3.87. The Hall–Kier alpha value is -2.91. The fourth-order valence-electron chi connectivity index (χ4n) is 3.36. The van der Waals surface area contributed by atoms with Gasteiger partial charge >= 0.3 is 0 Å². The largest absolute Gasteiger partial charge is 0.497 e. The number of nitrogens with two attached hydrogens (primary N) is 1. The molecule has 1 aliphatic rings. The van der Waals surface area contributed by atoms with Gasteiger partial charge in [0.1, 0.15) is 5.75 Å². The first-order chi connectivity index (χ1) is 14.3. The summed E-state index contributed by atoms with van der Waals surface area (Å²) in [4.78, 5) is 28.6. The van der Waals surface area contributed by atoms with Crippen molar-refractivity contribution in [1.82, 2.24) is 9.80 Å². The van der Waals surface area contributed by atoms with Gasteiger partial charge in [0.15, 0.2) is 0 Å². The number of carbonyl (C=O) groups excluding carboxylic acids is 2. The molecule has 3 rings (SSSR count). The van der Waals surface area contributed by atoms with Crippen LogP contribution in [0, 0.1) is 0 Å². The summed E-state index contributed by atoms with van der Waals surface area (Å²) in [7, 11) is -2.16. The monoisotopic (exact) mass is 431 g/mol. The number of amides is 2. The van der Waals surface area contributed by atoms with Crippen LogP contribution >= 0.6 is 0 Å². The quantitative estimate of drug-likeness (QED) is 0.727. The van der Waals surface area contributed by atoms with Crippen molar-refractivity contribution in [2.24, 2.45) is 5.14 Å². The van der Waals surface area contributed by atoms with Crippen molar-refractivity contribution < 1.29 is 22.7 Å². The number of hydrogen-bond acceptors (Lipinski definition) is 5. The summed E-state index contributed by atoms with van der Waals surface area (Å²) in [6, 6.07) is 13.4. The molecule has 1 aliphatic heterocycles. The van der Waals surface area contributed by atoms with E-state index < -0.39 is 10.0 Å².